The van der Waals surface area contributed by atoms with Crippen molar-refractivity contribution in [3.05, 3.63) is 58.3 Å². The van der Waals surface area contributed by atoms with Crippen LogP contribution >= 0.6 is 0 Å². The molecule has 108 valence electrons. The van der Waals surface area contributed by atoms with Gasteiger partial charge in [0.2, 0.25) is 0 Å². The lowest BCUT2D eigenvalue weighted by atomic mass is 9.77. The zero-order chi connectivity index (χ0) is 15.1. The summed E-state index contributed by atoms with van der Waals surface area (Å²) in [5, 5.41) is 0. The van der Waals surface area contributed by atoms with Crippen molar-refractivity contribution < 1.29 is 0 Å². The molecular formula is C19H27N. The van der Waals surface area contributed by atoms with Crippen LogP contribution < -0.4 is 5.73 Å². The molecule has 20 heavy (non-hydrogen) atoms. The van der Waals surface area contributed by atoms with E-state index in [4.69, 9.17) is 5.73 Å². The molecule has 0 fully saturated rings. The van der Waals surface area contributed by atoms with E-state index >= 15 is 0 Å². The van der Waals surface area contributed by atoms with Gasteiger partial charge in [0.1, 0.15) is 0 Å². The lowest BCUT2D eigenvalue weighted by Gasteiger charge is -2.28. The Balaban J connectivity index is 2.51. The van der Waals surface area contributed by atoms with Crippen molar-refractivity contribution >= 4 is 0 Å². The van der Waals surface area contributed by atoms with E-state index in [0.29, 0.717) is 11.8 Å². The fourth-order valence-corrected chi connectivity index (χ4v) is 3.08. The van der Waals surface area contributed by atoms with Crippen molar-refractivity contribution in [1.29, 1.82) is 0 Å². The van der Waals surface area contributed by atoms with Crippen LogP contribution in [0.25, 0.3) is 0 Å². The van der Waals surface area contributed by atoms with Crippen LogP contribution in [0.4, 0.5) is 0 Å². The van der Waals surface area contributed by atoms with E-state index in [1.165, 1.54) is 22.3 Å². The molecule has 2 rings (SSSR count). The number of nitrogens with two attached hydrogens (primary N) is 1. The Bertz CT molecular complexity index is 547. The molecule has 0 saturated carbocycles. The number of aryl methyl sites for hydroxylation is 2. The van der Waals surface area contributed by atoms with Crippen LogP contribution in [0.1, 0.15) is 55.9 Å². The van der Waals surface area contributed by atoms with Crippen molar-refractivity contribution in [3.8, 4) is 0 Å². The molecule has 1 heteroatoms. The second-order valence-electron chi connectivity index (χ2n) is 7.18. The van der Waals surface area contributed by atoms with E-state index in [9.17, 15) is 0 Å². The molecule has 2 atom stereocenters. The predicted molar refractivity (Wildman–Crippen MR) is 87.9 cm³/mol. The number of rotatable bonds is 1. The smallest absolute Gasteiger partial charge is 0.0276 e. The van der Waals surface area contributed by atoms with Crippen molar-refractivity contribution in [2.24, 2.45) is 11.7 Å². The number of allylic oxidation sites excluding steroid dienone is 3. The first-order valence-electron chi connectivity index (χ1n) is 7.47. The van der Waals surface area contributed by atoms with Gasteiger partial charge >= 0.3 is 0 Å². The highest BCUT2D eigenvalue weighted by atomic mass is 14.6. The second kappa shape index (κ2) is 5.12. The molecule has 2 unspecified atom stereocenters. The molecule has 0 saturated heterocycles. The van der Waals surface area contributed by atoms with E-state index < -0.39 is 0 Å². The quantitative estimate of drug-likeness (QED) is 0.783. The van der Waals surface area contributed by atoms with Gasteiger partial charge in [-0.2, -0.15) is 0 Å². The van der Waals surface area contributed by atoms with Gasteiger partial charge in [0, 0.05) is 11.6 Å². The first-order valence-corrected chi connectivity index (χ1v) is 7.47. The Hall–Kier alpha value is -1.50. The highest BCUT2D eigenvalue weighted by Gasteiger charge is 2.23. The summed E-state index contributed by atoms with van der Waals surface area (Å²) in [4.78, 5) is 0. The highest BCUT2D eigenvalue weighted by Crippen LogP contribution is 2.37. The molecule has 0 amide bonds. The lowest BCUT2D eigenvalue weighted by molar-refractivity contribution is 0.585. The first kappa shape index (κ1) is 14.9. The third-order valence-corrected chi connectivity index (χ3v) is 4.32. The van der Waals surface area contributed by atoms with Crippen LogP contribution in [0.3, 0.4) is 0 Å². The molecule has 0 radical (unpaired) electrons. The maximum absolute atomic E-state index is 6.00. The van der Waals surface area contributed by atoms with Crippen LogP contribution in [0.5, 0.6) is 0 Å². The fraction of sp³-hybridized carbons (Fsp3) is 0.474. The third kappa shape index (κ3) is 2.82. The number of hydrogen-bond acceptors (Lipinski definition) is 1. The monoisotopic (exact) mass is 269 g/mol. The van der Waals surface area contributed by atoms with E-state index in [0.717, 1.165) is 5.70 Å². The van der Waals surface area contributed by atoms with Gasteiger partial charge in [-0.25, -0.2) is 0 Å². The summed E-state index contributed by atoms with van der Waals surface area (Å²) in [5.41, 5.74) is 12.7. The summed E-state index contributed by atoms with van der Waals surface area (Å²) in [6, 6.07) is 4.69. The minimum atomic E-state index is 0.195. The fourth-order valence-electron chi connectivity index (χ4n) is 3.08. The van der Waals surface area contributed by atoms with Gasteiger partial charge in [-0.05, 0) is 53.5 Å². The minimum absolute atomic E-state index is 0.195. The van der Waals surface area contributed by atoms with Gasteiger partial charge in [-0.3, -0.25) is 0 Å². The standard InChI is InChI=1S/C19H27N/c1-12-7-8-16(20)11-17(12)18-13(2)9-15(10-14(18)3)19(4,5)6/h7-12,17H,20H2,1-6H3. The number of benzene rings is 1. The van der Waals surface area contributed by atoms with Crippen LogP contribution in [0.2, 0.25) is 0 Å². The van der Waals surface area contributed by atoms with Crippen LogP contribution in [-0.4, -0.2) is 0 Å². The molecule has 0 heterocycles. The van der Waals surface area contributed by atoms with Crippen molar-refractivity contribution in [2.75, 3.05) is 0 Å². The zero-order valence-corrected chi connectivity index (χ0v) is 13.6. The molecule has 1 aromatic carbocycles. The van der Waals surface area contributed by atoms with Crippen molar-refractivity contribution in [3.63, 3.8) is 0 Å². The molecule has 1 aliphatic rings. The Kier molecular flexibility index (Phi) is 3.82. The predicted octanol–water partition coefficient (Wildman–Crippen LogP) is 4.73. The Morgan fingerprint density at radius 1 is 1.05 bits per heavy atom. The summed E-state index contributed by atoms with van der Waals surface area (Å²) >= 11 is 0. The highest BCUT2D eigenvalue weighted by molar-refractivity contribution is 5.46. The van der Waals surface area contributed by atoms with Gasteiger partial charge in [-0.15, -0.1) is 0 Å². The number of hydrogen-bond donors (Lipinski definition) is 1. The average Bonchev–Trinajstić information content (AvgIpc) is 2.31. The molecule has 2 N–H and O–H groups in total. The van der Waals surface area contributed by atoms with E-state index in [2.05, 4.69) is 65.8 Å². The van der Waals surface area contributed by atoms with E-state index in [-0.39, 0.29) is 5.41 Å². The van der Waals surface area contributed by atoms with E-state index in [1.807, 2.05) is 6.08 Å². The minimum Gasteiger partial charge on any atom is -0.399 e. The molecule has 0 aliphatic heterocycles. The molecule has 0 bridgehead atoms. The molecular weight excluding hydrogens is 242 g/mol. The largest absolute Gasteiger partial charge is 0.399 e. The molecule has 0 aromatic heterocycles. The maximum Gasteiger partial charge on any atom is 0.0276 e. The summed E-state index contributed by atoms with van der Waals surface area (Å²) in [6.45, 7) is 13.5. The van der Waals surface area contributed by atoms with E-state index in [1.54, 1.807) is 0 Å². The normalized spacial score (nSPS) is 22.8. The van der Waals surface area contributed by atoms with Crippen LogP contribution in [0.15, 0.2) is 36.1 Å². The van der Waals surface area contributed by atoms with Gasteiger partial charge in [0.25, 0.3) is 0 Å². The Morgan fingerprint density at radius 2 is 1.60 bits per heavy atom. The molecule has 1 nitrogen and oxygen atoms in total. The summed E-state index contributed by atoms with van der Waals surface area (Å²) < 4.78 is 0. The van der Waals surface area contributed by atoms with Crippen molar-refractivity contribution in [1.82, 2.24) is 0 Å². The topological polar surface area (TPSA) is 26.0 Å². The summed E-state index contributed by atoms with van der Waals surface area (Å²) in [5.74, 6) is 0.897. The molecule has 1 aromatic rings. The zero-order valence-electron chi connectivity index (χ0n) is 13.6. The van der Waals surface area contributed by atoms with Gasteiger partial charge in [-0.1, -0.05) is 52.0 Å². The van der Waals surface area contributed by atoms with Crippen molar-refractivity contribution in [2.45, 2.75) is 52.9 Å². The second-order valence-corrected chi connectivity index (χ2v) is 7.18. The maximum atomic E-state index is 6.00. The van der Waals surface area contributed by atoms with Crippen LogP contribution in [0, 0.1) is 19.8 Å². The summed E-state index contributed by atoms with van der Waals surface area (Å²) in [7, 11) is 0. The lowest BCUT2D eigenvalue weighted by Crippen LogP contribution is -2.17. The first-order chi connectivity index (χ1) is 9.20. The molecule has 0 spiro atoms. The van der Waals surface area contributed by atoms with Gasteiger partial charge in [0.15, 0.2) is 0 Å². The Morgan fingerprint density at radius 3 is 2.10 bits per heavy atom. The van der Waals surface area contributed by atoms with Crippen LogP contribution in [-0.2, 0) is 5.41 Å². The summed E-state index contributed by atoms with van der Waals surface area (Å²) in [6.07, 6.45) is 6.45. The Labute approximate surface area is 123 Å². The average molecular weight is 269 g/mol. The van der Waals surface area contributed by atoms with Gasteiger partial charge < -0.3 is 5.73 Å². The molecule has 1 aliphatic carbocycles. The SMILES string of the molecule is Cc1cc(C(C)(C)C)cc(C)c1C1C=C(N)C=CC1C. The third-order valence-electron chi connectivity index (χ3n) is 4.32. The van der Waals surface area contributed by atoms with Gasteiger partial charge in [0.05, 0.1) is 0 Å².